The molecule has 0 spiro atoms. The van der Waals surface area contributed by atoms with Crippen molar-refractivity contribution in [2.24, 2.45) is 5.92 Å². The zero-order chi connectivity index (χ0) is 22.8. The number of nitrogens with zero attached hydrogens (tertiary/aromatic N) is 5. The first-order valence-corrected chi connectivity index (χ1v) is 11.1. The third-order valence-electron chi connectivity index (χ3n) is 6.09. The second-order valence-electron chi connectivity index (χ2n) is 8.46. The van der Waals surface area contributed by atoms with E-state index in [-0.39, 0.29) is 17.6 Å². The molecular formula is C25H25FN6O. The van der Waals surface area contributed by atoms with Gasteiger partial charge in [-0.15, -0.1) is 15.3 Å². The predicted molar refractivity (Wildman–Crippen MR) is 124 cm³/mol. The lowest BCUT2D eigenvalue weighted by atomic mass is 9.96. The van der Waals surface area contributed by atoms with Crippen LogP contribution in [0.4, 0.5) is 10.2 Å². The first kappa shape index (κ1) is 21.1. The van der Waals surface area contributed by atoms with Crippen LogP contribution in [-0.4, -0.2) is 38.8 Å². The highest BCUT2D eigenvalue weighted by atomic mass is 19.1. The van der Waals surface area contributed by atoms with Crippen LogP contribution in [-0.2, 0) is 11.3 Å². The Bertz CT molecular complexity index is 1280. The number of hydrogen-bond donors (Lipinski definition) is 1. The third-order valence-corrected chi connectivity index (χ3v) is 6.09. The zero-order valence-electron chi connectivity index (χ0n) is 18.4. The van der Waals surface area contributed by atoms with Crippen LogP contribution >= 0.6 is 0 Å². The molecule has 0 atom stereocenters. The van der Waals surface area contributed by atoms with Gasteiger partial charge in [-0.3, -0.25) is 4.79 Å². The molecule has 1 aliphatic heterocycles. The van der Waals surface area contributed by atoms with Crippen molar-refractivity contribution in [1.29, 1.82) is 0 Å². The van der Waals surface area contributed by atoms with E-state index in [4.69, 9.17) is 5.10 Å². The van der Waals surface area contributed by atoms with Gasteiger partial charge in [0.2, 0.25) is 5.91 Å². The second kappa shape index (κ2) is 8.97. The van der Waals surface area contributed by atoms with Gasteiger partial charge in [-0.25, -0.2) is 4.39 Å². The lowest BCUT2D eigenvalue weighted by Gasteiger charge is -2.32. The summed E-state index contributed by atoms with van der Waals surface area (Å²) in [5.41, 5.74) is 3.72. The molecule has 7 nitrogen and oxygen atoms in total. The summed E-state index contributed by atoms with van der Waals surface area (Å²) in [5.74, 6) is 1.29. The first-order chi connectivity index (χ1) is 16.1. The fourth-order valence-electron chi connectivity index (χ4n) is 4.22. The van der Waals surface area contributed by atoms with Crippen molar-refractivity contribution in [3.8, 4) is 11.4 Å². The van der Waals surface area contributed by atoms with Crippen molar-refractivity contribution in [2.75, 3.05) is 18.0 Å². The van der Waals surface area contributed by atoms with Crippen LogP contribution in [0.3, 0.4) is 0 Å². The minimum absolute atomic E-state index is 0.0387. The highest BCUT2D eigenvalue weighted by Gasteiger charge is 2.26. The topological polar surface area (TPSA) is 75.4 Å². The number of piperidine rings is 1. The van der Waals surface area contributed by atoms with Gasteiger partial charge in [0.1, 0.15) is 11.6 Å². The monoisotopic (exact) mass is 444 g/mol. The summed E-state index contributed by atoms with van der Waals surface area (Å²) in [4.78, 5) is 14.8. The number of carbonyl (C=O) groups is 1. The summed E-state index contributed by atoms with van der Waals surface area (Å²) < 4.78 is 14.8. The Morgan fingerprint density at radius 1 is 1.06 bits per heavy atom. The van der Waals surface area contributed by atoms with Crippen molar-refractivity contribution in [1.82, 2.24) is 25.1 Å². The van der Waals surface area contributed by atoms with Crippen LogP contribution in [0.5, 0.6) is 0 Å². The molecular weight excluding hydrogens is 419 g/mol. The van der Waals surface area contributed by atoms with Gasteiger partial charge in [0.05, 0.1) is 0 Å². The molecule has 0 radical (unpaired) electrons. The molecule has 0 bridgehead atoms. The van der Waals surface area contributed by atoms with Gasteiger partial charge in [0, 0.05) is 31.1 Å². The molecule has 33 heavy (non-hydrogen) atoms. The predicted octanol–water partition coefficient (Wildman–Crippen LogP) is 3.77. The Morgan fingerprint density at radius 3 is 2.61 bits per heavy atom. The van der Waals surface area contributed by atoms with Crippen molar-refractivity contribution in [3.63, 3.8) is 0 Å². The maximum absolute atomic E-state index is 13.0. The minimum atomic E-state index is -0.276. The quantitative estimate of drug-likeness (QED) is 0.507. The van der Waals surface area contributed by atoms with E-state index in [0.717, 1.165) is 48.4 Å². The van der Waals surface area contributed by atoms with Crippen LogP contribution in [0.25, 0.3) is 17.0 Å². The Hall–Kier alpha value is -3.81. The summed E-state index contributed by atoms with van der Waals surface area (Å²) in [7, 11) is 0. The van der Waals surface area contributed by atoms with E-state index < -0.39 is 0 Å². The van der Waals surface area contributed by atoms with Gasteiger partial charge in [0.25, 0.3) is 0 Å². The molecule has 1 saturated heterocycles. The van der Waals surface area contributed by atoms with E-state index in [1.165, 1.54) is 12.1 Å². The van der Waals surface area contributed by atoms with Gasteiger partial charge in [-0.05, 0) is 55.7 Å². The maximum atomic E-state index is 13.0. The Balaban J connectivity index is 1.24. The number of carbonyl (C=O) groups excluding carboxylic acids is 1. The Kier molecular flexibility index (Phi) is 5.73. The standard InChI is InChI=1S/C25H25FN6O/c1-17-3-2-4-20(15-17)24-29-28-22-9-10-23(30-32(22)24)31-13-11-19(12-14-31)25(33)27-16-18-5-7-21(26)8-6-18/h2-10,15,19H,11-14,16H2,1H3,(H,27,33). The second-order valence-corrected chi connectivity index (χ2v) is 8.46. The molecule has 0 unspecified atom stereocenters. The molecule has 1 aliphatic rings. The number of nitrogens with one attached hydrogen (secondary N) is 1. The largest absolute Gasteiger partial charge is 0.355 e. The van der Waals surface area contributed by atoms with E-state index in [1.807, 2.05) is 37.3 Å². The number of amides is 1. The molecule has 1 amide bonds. The number of rotatable bonds is 5. The van der Waals surface area contributed by atoms with Gasteiger partial charge >= 0.3 is 0 Å². The summed E-state index contributed by atoms with van der Waals surface area (Å²) in [5, 5.41) is 16.4. The number of anilines is 1. The molecule has 1 N–H and O–H groups in total. The highest BCUT2D eigenvalue weighted by Crippen LogP contribution is 2.24. The van der Waals surface area contributed by atoms with Crippen LogP contribution in [0.1, 0.15) is 24.0 Å². The average Bonchev–Trinajstić information content (AvgIpc) is 3.27. The smallest absolute Gasteiger partial charge is 0.223 e. The zero-order valence-corrected chi connectivity index (χ0v) is 18.4. The number of aryl methyl sites for hydroxylation is 1. The summed E-state index contributed by atoms with van der Waals surface area (Å²) >= 11 is 0. The summed E-state index contributed by atoms with van der Waals surface area (Å²) in [6.07, 6.45) is 1.50. The molecule has 8 heteroatoms. The number of benzene rings is 2. The molecule has 2 aromatic heterocycles. The van der Waals surface area contributed by atoms with Gasteiger partial charge in [-0.2, -0.15) is 4.52 Å². The van der Waals surface area contributed by atoms with E-state index in [2.05, 4.69) is 26.5 Å². The summed E-state index contributed by atoms with van der Waals surface area (Å²) in [6, 6.07) is 18.2. The van der Waals surface area contributed by atoms with Gasteiger partial charge in [-0.1, -0.05) is 35.9 Å². The number of hydrogen-bond acceptors (Lipinski definition) is 5. The first-order valence-electron chi connectivity index (χ1n) is 11.1. The molecule has 0 saturated carbocycles. The number of aromatic nitrogens is 4. The molecule has 5 rings (SSSR count). The molecule has 168 valence electrons. The average molecular weight is 445 g/mol. The van der Waals surface area contributed by atoms with E-state index in [0.29, 0.717) is 18.0 Å². The molecule has 3 heterocycles. The fourth-order valence-corrected chi connectivity index (χ4v) is 4.22. The van der Waals surface area contributed by atoms with Crippen molar-refractivity contribution in [3.05, 3.63) is 77.6 Å². The Morgan fingerprint density at radius 2 is 1.85 bits per heavy atom. The number of fused-ring (bicyclic) bond motifs is 1. The number of halogens is 1. The Labute approximate surface area is 191 Å². The molecule has 2 aromatic carbocycles. The van der Waals surface area contributed by atoms with Gasteiger partial charge in [0.15, 0.2) is 11.5 Å². The van der Waals surface area contributed by atoms with E-state index >= 15 is 0 Å². The third kappa shape index (κ3) is 4.55. The molecule has 0 aliphatic carbocycles. The SMILES string of the molecule is Cc1cccc(-c2nnc3ccc(N4CCC(C(=O)NCc5ccc(F)cc5)CC4)nn23)c1. The van der Waals surface area contributed by atoms with Crippen LogP contribution in [0.2, 0.25) is 0 Å². The van der Waals surface area contributed by atoms with Crippen LogP contribution < -0.4 is 10.2 Å². The highest BCUT2D eigenvalue weighted by molar-refractivity contribution is 5.79. The van der Waals surface area contributed by atoms with E-state index in [9.17, 15) is 9.18 Å². The van der Waals surface area contributed by atoms with Gasteiger partial charge < -0.3 is 10.2 Å². The molecule has 1 fully saturated rings. The normalized spacial score (nSPS) is 14.5. The molecule has 4 aromatic rings. The summed E-state index contributed by atoms with van der Waals surface area (Å²) in [6.45, 7) is 3.95. The van der Waals surface area contributed by atoms with Crippen molar-refractivity contribution >= 4 is 17.4 Å². The van der Waals surface area contributed by atoms with Crippen LogP contribution in [0.15, 0.2) is 60.7 Å². The van der Waals surface area contributed by atoms with Crippen LogP contribution in [0, 0.1) is 18.7 Å². The van der Waals surface area contributed by atoms with Crippen molar-refractivity contribution < 1.29 is 9.18 Å². The minimum Gasteiger partial charge on any atom is -0.355 e. The van der Waals surface area contributed by atoms with Crippen molar-refractivity contribution in [2.45, 2.75) is 26.3 Å². The maximum Gasteiger partial charge on any atom is 0.223 e. The lowest BCUT2D eigenvalue weighted by molar-refractivity contribution is -0.125. The lowest BCUT2D eigenvalue weighted by Crippen LogP contribution is -2.40. The van der Waals surface area contributed by atoms with E-state index in [1.54, 1.807) is 16.6 Å². The fraction of sp³-hybridized carbons (Fsp3) is 0.280.